The van der Waals surface area contributed by atoms with Crippen LogP contribution in [0.15, 0.2) is 30.3 Å². The molecule has 1 aliphatic heterocycles. The van der Waals surface area contributed by atoms with Crippen LogP contribution in [-0.4, -0.2) is 18.2 Å². The van der Waals surface area contributed by atoms with E-state index in [4.69, 9.17) is 21.1 Å². The largest absolute Gasteiger partial charge is 0.486 e. The summed E-state index contributed by atoms with van der Waals surface area (Å²) in [5.41, 5.74) is -0.230. The average Bonchev–Trinajstić information content (AvgIpc) is 2.45. The molecule has 0 bridgehead atoms. The van der Waals surface area contributed by atoms with Crippen molar-refractivity contribution in [1.82, 2.24) is 4.98 Å². The molecule has 0 saturated heterocycles. The molecule has 1 aromatic heterocycles. The molecule has 0 N–H and O–H groups in total. The van der Waals surface area contributed by atoms with E-state index in [2.05, 4.69) is 4.98 Å². The molecule has 0 radical (unpaired) electrons. The normalized spacial score (nSPS) is 14.1. The topological polar surface area (TPSA) is 31.4 Å². The van der Waals surface area contributed by atoms with Crippen LogP contribution in [0.4, 0.5) is 13.2 Å². The summed E-state index contributed by atoms with van der Waals surface area (Å²) < 4.78 is 49.2. The van der Waals surface area contributed by atoms with Gasteiger partial charge in [0.15, 0.2) is 11.5 Å². The molecule has 7 heteroatoms. The molecule has 0 fully saturated rings. The Hall–Kier alpha value is -1.95. The van der Waals surface area contributed by atoms with Gasteiger partial charge in [-0.3, -0.25) is 0 Å². The number of alkyl halides is 3. The first kappa shape index (κ1) is 14.0. The number of hydrogen-bond acceptors (Lipinski definition) is 3. The Labute approximate surface area is 123 Å². The number of benzene rings is 1. The molecular formula is C14H9ClF3NO2. The first-order chi connectivity index (χ1) is 9.93. The zero-order valence-electron chi connectivity index (χ0n) is 10.6. The Kier molecular flexibility index (Phi) is 3.41. The number of fused-ring (bicyclic) bond motifs is 1. The van der Waals surface area contributed by atoms with Gasteiger partial charge in [-0.25, -0.2) is 4.98 Å². The highest BCUT2D eigenvalue weighted by atomic mass is 35.5. The predicted molar refractivity (Wildman–Crippen MR) is 70.7 cm³/mol. The minimum absolute atomic E-state index is 0.131. The molecule has 0 unspecified atom stereocenters. The van der Waals surface area contributed by atoms with Gasteiger partial charge in [0.1, 0.15) is 18.4 Å². The molecule has 21 heavy (non-hydrogen) atoms. The summed E-state index contributed by atoms with van der Waals surface area (Å²) in [5, 5.41) is -0.213. The molecule has 3 rings (SSSR count). The van der Waals surface area contributed by atoms with E-state index < -0.39 is 11.7 Å². The summed E-state index contributed by atoms with van der Waals surface area (Å²) in [6.45, 7) is 0.840. The van der Waals surface area contributed by atoms with E-state index in [-0.39, 0.29) is 10.8 Å². The Morgan fingerprint density at radius 1 is 1.00 bits per heavy atom. The maximum absolute atomic E-state index is 12.8. The van der Waals surface area contributed by atoms with Crippen molar-refractivity contribution in [3.05, 3.63) is 41.0 Å². The fourth-order valence-electron chi connectivity index (χ4n) is 2.01. The highest BCUT2D eigenvalue weighted by molar-refractivity contribution is 6.29. The van der Waals surface area contributed by atoms with Crippen molar-refractivity contribution in [2.45, 2.75) is 6.18 Å². The lowest BCUT2D eigenvalue weighted by atomic mass is 10.1. The number of ether oxygens (including phenoxy) is 2. The lowest BCUT2D eigenvalue weighted by molar-refractivity contribution is -0.137. The molecular weight excluding hydrogens is 307 g/mol. The SMILES string of the molecule is FC(F)(F)c1cc(Cl)nc(-c2ccc3c(c2)OCCO3)c1. The second kappa shape index (κ2) is 5.11. The predicted octanol–water partition coefficient (Wildman–Crippen LogP) is 4.19. The Bertz CT molecular complexity index is 688. The van der Waals surface area contributed by atoms with E-state index in [9.17, 15) is 13.2 Å². The standard InChI is InChI=1S/C14H9ClF3NO2/c15-13-7-9(14(16,17)18)6-10(19-13)8-1-2-11-12(5-8)21-4-3-20-11/h1-2,5-7H,3-4H2. The van der Waals surface area contributed by atoms with Gasteiger partial charge in [-0.15, -0.1) is 0 Å². The van der Waals surface area contributed by atoms with Crippen molar-refractivity contribution in [3.63, 3.8) is 0 Å². The average molecular weight is 316 g/mol. The molecule has 0 amide bonds. The quantitative estimate of drug-likeness (QED) is 0.739. The second-order valence-electron chi connectivity index (χ2n) is 4.42. The van der Waals surface area contributed by atoms with Gasteiger partial charge in [0, 0.05) is 5.56 Å². The summed E-state index contributed by atoms with van der Waals surface area (Å²) in [6, 6.07) is 6.60. The van der Waals surface area contributed by atoms with Crippen LogP contribution >= 0.6 is 11.6 Å². The zero-order valence-corrected chi connectivity index (χ0v) is 11.3. The number of aromatic nitrogens is 1. The molecule has 1 aliphatic rings. The minimum atomic E-state index is -4.48. The van der Waals surface area contributed by atoms with Crippen LogP contribution in [0.5, 0.6) is 11.5 Å². The number of nitrogens with zero attached hydrogens (tertiary/aromatic N) is 1. The van der Waals surface area contributed by atoms with E-state index in [0.717, 1.165) is 12.1 Å². The van der Waals surface area contributed by atoms with E-state index in [1.165, 1.54) is 0 Å². The van der Waals surface area contributed by atoms with Crippen LogP contribution in [0, 0.1) is 0 Å². The third-order valence-electron chi connectivity index (χ3n) is 2.96. The second-order valence-corrected chi connectivity index (χ2v) is 4.81. The summed E-state index contributed by atoms with van der Waals surface area (Å²) in [4.78, 5) is 3.94. The van der Waals surface area contributed by atoms with E-state index in [1.807, 2.05) is 0 Å². The van der Waals surface area contributed by atoms with Crippen molar-refractivity contribution in [2.24, 2.45) is 0 Å². The van der Waals surface area contributed by atoms with E-state index in [1.54, 1.807) is 18.2 Å². The summed E-state index contributed by atoms with van der Waals surface area (Å²) in [6.07, 6.45) is -4.48. The molecule has 0 aliphatic carbocycles. The van der Waals surface area contributed by atoms with Crippen molar-refractivity contribution in [2.75, 3.05) is 13.2 Å². The molecule has 0 saturated carbocycles. The van der Waals surface area contributed by atoms with Gasteiger partial charge in [0.25, 0.3) is 0 Å². The maximum atomic E-state index is 12.8. The third-order valence-corrected chi connectivity index (χ3v) is 3.15. The molecule has 2 aromatic rings. The fourth-order valence-corrected chi connectivity index (χ4v) is 2.22. The molecule has 2 heterocycles. The van der Waals surface area contributed by atoms with Crippen molar-refractivity contribution in [3.8, 4) is 22.8 Å². The first-order valence-corrected chi connectivity index (χ1v) is 6.46. The summed E-state index contributed by atoms with van der Waals surface area (Å²) >= 11 is 5.68. The molecule has 1 aromatic carbocycles. The first-order valence-electron chi connectivity index (χ1n) is 6.08. The van der Waals surface area contributed by atoms with Crippen LogP contribution in [-0.2, 0) is 6.18 Å². The van der Waals surface area contributed by atoms with Crippen LogP contribution in [0.3, 0.4) is 0 Å². The molecule has 0 spiro atoms. The molecule has 0 atom stereocenters. The lowest BCUT2D eigenvalue weighted by Gasteiger charge is -2.19. The van der Waals surface area contributed by atoms with E-state index in [0.29, 0.717) is 30.3 Å². The van der Waals surface area contributed by atoms with Gasteiger partial charge in [-0.2, -0.15) is 13.2 Å². The van der Waals surface area contributed by atoms with Gasteiger partial charge in [0.05, 0.1) is 11.3 Å². The van der Waals surface area contributed by atoms with Crippen molar-refractivity contribution < 1.29 is 22.6 Å². The molecule has 3 nitrogen and oxygen atoms in total. The smallest absolute Gasteiger partial charge is 0.416 e. The van der Waals surface area contributed by atoms with Crippen molar-refractivity contribution >= 4 is 11.6 Å². The van der Waals surface area contributed by atoms with Crippen molar-refractivity contribution in [1.29, 1.82) is 0 Å². The number of pyridine rings is 1. The van der Waals surface area contributed by atoms with Gasteiger partial charge >= 0.3 is 6.18 Å². The van der Waals surface area contributed by atoms with Crippen LogP contribution in [0.1, 0.15) is 5.56 Å². The number of hydrogen-bond donors (Lipinski definition) is 0. The van der Waals surface area contributed by atoms with Crippen LogP contribution in [0.2, 0.25) is 5.15 Å². The zero-order chi connectivity index (χ0) is 15.0. The van der Waals surface area contributed by atoms with Gasteiger partial charge in [-0.05, 0) is 30.3 Å². The third kappa shape index (κ3) is 2.90. The maximum Gasteiger partial charge on any atom is 0.416 e. The summed E-state index contributed by atoms with van der Waals surface area (Å²) in [7, 11) is 0. The fraction of sp³-hybridized carbons (Fsp3) is 0.214. The van der Waals surface area contributed by atoms with Gasteiger partial charge in [0.2, 0.25) is 0 Å². The number of halogens is 4. The van der Waals surface area contributed by atoms with Gasteiger partial charge in [-0.1, -0.05) is 11.6 Å². The van der Waals surface area contributed by atoms with Crippen LogP contribution in [0.25, 0.3) is 11.3 Å². The van der Waals surface area contributed by atoms with E-state index >= 15 is 0 Å². The monoisotopic (exact) mass is 315 g/mol. The number of rotatable bonds is 1. The highest BCUT2D eigenvalue weighted by Gasteiger charge is 2.31. The Morgan fingerprint density at radius 3 is 2.43 bits per heavy atom. The van der Waals surface area contributed by atoms with Gasteiger partial charge < -0.3 is 9.47 Å². The summed E-state index contributed by atoms with van der Waals surface area (Å²) in [5.74, 6) is 1.04. The Morgan fingerprint density at radius 2 is 1.71 bits per heavy atom. The Balaban J connectivity index is 2.06. The lowest BCUT2D eigenvalue weighted by Crippen LogP contribution is -2.15. The highest BCUT2D eigenvalue weighted by Crippen LogP contribution is 2.37. The van der Waals surface area contributed by atoms with Crippen LogP contribution < -0.4 is 9.47 Å². The minimum Gasteiger partial charge on any atom is -0.486 e. The molecule has 110 valence electrons.